The van der Waals surface area contributed by atoms with Gasteiger partial charge in [0.2, 0.25) is 5.88 Å². The van der Waals surface area contributed by atoms with E-state index in [-0.39, 0.29) is 6.73 Å². The minimum Gasteiger partial charge on any atom is -0.493 e. The highest BCUT2D eigenvalue weighted by atomic mass is 35.5. The molecule has 29 heavy (non-hydrogen) atoms. The van der Waals surface area contributed by atoms with Crippen LogP contribution in [0.4, 0.5) is 10.1 Å². The first-order valence-corrected chi connectivity index (χ1v) is 9.97. The monoisotopic (exact) mass is 416 g/mol. The summed E-state index contributed by atoms with van der Waals surface area (Å²) in [6.45, 7) is 2.82. The molecular weight excluding hydrogens is 395 g/mol. The van der Waals surface area contributed by atoms with E-state index < -0.39 is 5.82 Å². The van der Waals surface area contributed by atoms with Crippen molar-refractivity contribution in [3.05, 3.63) is 53.6 Å². The first kappa shape index (κ1) is 19.7. The summed E-state index contributed by atoms with van der Waals surface area (Å²) >= 11 is 5.76. The highest BCUT2D eigenvalue weighted by Crippen LogP contribution is 2.26. The summed E-state index contributed by atoms with van der Waals surface area (Å²) in [6.07, 6.45) is 3.81. The molecule has 8 heteroatoms. The molecule has 0 amide bonds. The molecular formula is C21H22ClFN4O2. The van der Waals surface area contributed by atoms with Gasteiger partial charge in [-0.1, -0.05) is 11.6 Å². The van der Waals surface area contributed by atoms with Crippen molar-refractivity contribution in [3.63, 3.8) is 0 Å². The Bertz CT molecular complexity index is 982. The summed E-state index contributed by atoms with van der Waals surface area (Å²) in [5.74, 6) is 1.28. The van der Waals surface area contributed by atoms with E-state index in [1.54, 1.807) is 12.1 Å². The van der Waals surface area contributed by atoms with Crippen LogP contribution < -0.4 is 20.1 Å². The Hall–Kier alpha value is -2.64. The molecule has 0 radical (unpaired) electrons. The quantitative estimate of drug-likeness (QED) is 0.561. The van der Waals surface area contributed by atoms with Crippen LogP contribution in [0, 0.1) is 11.7 Å². The Morgan fingerprint density at radius 3 is 2.93 bits per heavy atom. The van der Waals surface area contributed by atoms with Crippen molar-refractivity contribution in [2.75, 3.05) is 31.7 Å². The van der Waals surface area contributed by atoms with Crippen LogP contribution in [0.1, 0.15) is 12.8 Å². The van der Waals surface area contributed by atoms with Crippen molar-refractivity contribution in [2.45, 2.75) is 12.8 Å². The van der Waals surface area contributed by atoms with E-state index in [0.29, 0.717) is 29.1 Å². The van der Waals surface area contributed by atoms with Crippen LogP contribution >= 0.6 is 11.6 Å². The van der Waals surface area contributed by atoms with Crippen LogP contribution in [-0.2, 0) is 0 Å². The SMILES string of the molecule is Fc1cc(Cl)ccc1NCOc1ncnc2cc(OCC3CCCNC3)ccc12. The zero-order valence-corrected chi connectivity index (χ0v) is 16.6. The van der Waals surface area contributed by atoms with Gasteiger partial charge in [-0.2, -0.15) is 0 Å². The highest BCUT2D eigenvalue weighted by molar-refractivity contribution is 6.30. The molecule has 0 saturated carbocycles. The summed E-state index contributed by atoms with van der Waals surface area (Å²) in [7, 11) is 0. The number of nitrogens with one attached hydrogen (secondary N) is 2. The number of aromatic nitrogens is 2. The summed E-state index contributed by atoms with van der Waals surface area (Å²) in [4.78, 5) is 8.50. The average molecular weight is 417 g/mol. The lowest BCUT2D eigenvalue weighted by molar-refractivity contribution is 0.218. The summed E-state index contributed by atoms with van der Waals surface area (Å²) in [6, 6.07) is 10.1. The molecule has 4 rings (SSSR count). The Morgan fingerprint density at radius 2 is 2.10 bits per heavy atom. The number of halogens is 2. The lowest BCUT2D eigenvalue weighted by Crippen LogP contribution is -2.33. The molecule has 0 aliphatic carbocycles. The van der Waals surface area contributed by atoms with Crippen LogP contribution in [-0.4, -0.2) is 36.4 Å². The normalized spacial score (nSPS) is 16.6. The second-order valence-corrected chi connectivity index (χ2v) is 7.41. The maximum Gasteiger partial charge on any atom is 0.226 e. The first-order valence-electron chi connectivity index (χ1n) is 9.59. The molecule has 1 aliphatic rings. The topological polar surface area (TPSA) is 68.3 Å². The van der Waals surface area contributed by atoms with Gasteiger partial charge in [0, 0.05) is 23.6 Å². The largest absolute Gasteiger partial charge is 0.493 e. The average Bonchev–Trinajstić information content (AvgIpc) is 2.74. The number of anilines is 1. The second kappa shape index (κ2) is 9.24. The van der Waals surface area contributed by atoms with Gasteiger partial charge in [-0.15, -0.1) is 0 Å². The number of benzene rings is 2. The first-order chi connectivity index (χ1) is 14.2. The Morgan fingerprint density at radius 1 is 1.17 bits per heavy atom. The van der Waals surface area contributed by atoms with Gasteiger partial charge in [0.05, 0.1) is 23.2 Å². The van der Waals surface area contributed by atoms with Crippen molar-refractivity contribution in [1.29, 1.82) is 0 Å². The van der Waals surface area contributed by atoms with Crippen LogP contribution in [0.15, 0.2) is 42.7 Å². The number of piperidine rings is 1. The van der Waals surface area contributed by atoms with Gasteiger partial charge in [0.1, 0.15) is 17.9 Å². The van der Waals surface area contributed by atoms with E-state index in [2.05, 4.69) is 20.6 Å². The van der Waals surface area contributed by atoms with E-state index >= 15 is 0 Å². The van der Waals surface area contributed by atoms with Crippen LogP contribution in [0.2, 0.25) is 5.02 Å². The van der Waals surface area contributed by atoms with E-state index in [1.807, 2.05) is 18.2 Å². The Kier molecular flexibility index (Phi) is 6.27. The second-order valence-electron chi connectivity index (χ2n) is 6.97. The standard InChI is InChI=1S/C21H22ClFN4O2/c22-15-3-6-19(18(23)8-15)27-13-29-21-17-5-4-16(9-20(17)25-12-26-21)28-11-14-2-1-7-24-10-14/h3-6,8-9,12,14,24,27H,1-2,7,10-11,13H2. The highest BCUT2D eigenvalue weighted by Gasteiger charge is 2.14. The zero-order valence-electron chi connectivity index (χ0n) is 15.8. The van der Waals surface area contributed by atoms with Crippen molar-refractivity contribution >= 4 is 28.2 Å². The smallest absolute Gasteiger partial charge is 0.226 e. The molecule has 0 bridgehead atoms. The van der Waals surface area contributed by atoms with Crippen molar-refractivity contribution in [2.24, 2.45) is 5.92 Å². The number of ether oxygens (including phenoxy) is 2. The molecule has 1 aromatic heterocycles. The third kappa shape index (κ3) is 5.05. The van der Waals surface area contributed by atoms with Crippen LogP contribution in [0.3, 0.4) is 0 Å². The molecule has 1 saturated heterocycles. The third-order valence-corrected chi connectivity index (χ3v) is 5.09. The van der Waals surface area contributed by atoms with Gasteiger partial charge in [-0.25, -0.2) is 14.4 Å². The molecule has 2 heterocycles. The predicted octanol–water partition coefficient (Wildman–Crippen LogP) is 4.25. The van der Waals surface area contributed by atoms with E-state index in [9.17, 15) is 4.39 Å². The summed E-state index contributed by atoms with van der Waals surface area (Å²) < 4.78 is 25.5. The minimum absolute atomic E-state index is 0.0532. The third-order valence-electron chi connectivity index (χ3n) is 4.86. The van der Waals surface area contributed by atoms with Gasteiger partial charge >= 0.3 is 0 Å². The lowest BCUT2D eigenvalue weighted by Gasteiger charge is -2.22. The molecule has 1 aliphatic heterocycles. The predicted molar refractivity (Wildman–Crippen MR) is 111 cm³/mol. The maximum absolute atomic E-state index is 13.8. The fourth-order valence-corrected chi connectivity index (χ4v) is 3.47. The summed E-state index contributed by atoms with van der Waals surface area (Å²) in [5, 5.41) is 7.37. The maximum atomic E-state index is 13.8. The lowest BCUT2D eigenvalue weighted by atomic mass is 10.0. The Balaban J connectivity index is 1.39. The molecule has 0 spiro atoms. The molecule has 2 N–H and O–H groups in total. The number of fused-ring (bicyclic) bond motifs is 1. The van der Waals surface area contributed by atoms with Gasteiger partial charge in [-0.3, -0.25) is 0 Å². The molecule has 1 fully saturated rings. The van der Waals surface area contributed by atoms with Crippen LogP contribution in [0.5, 0.6) is 11.6 Å². The van der Waals surface area contributed by atoms with Crippen molar-refractivity contribution in [3.8, 4) is 11.6 Å². The molecule has 6 nitrogen and oxygen atoms in total. The number of nitrogens with zero attached hydrogens (tertiary/aromatic N) is 2. The van der Waals surface area contributed by atoms with Gasteiger partial charge < -0.3 is 20.1 Å². The number of hydrogen-bond acceptors (Lipinski definition) is 6. The van der Waals surface area contributed by atoms with Crippen molar-refractivity contribution < 1.29 is 13.9 Å². The van der Waals surface area contributed by atoms with Crippen molar-refractivity contribution in [1.82, 2.24) is 15.3 Å². The van der Waals surface area contributed by atoms with Gasteiger partial charge in [0.15, 0.2) is 6.73 Å². The van der Waals surface area contributed by atoms with Crippen LogP contribution in [0.25, 0.3) is 10.9 Å². The zero-order chi connectivity index (χ0) is 20.1. The number of hydrogen-bond donors (Lipinski definition) is 2. The Labute approximate surface area is 173 Å². The molecule has 1 unspecified atom stereocenters. The number of rotatable bonds is 7. The fraction of sp³-hybridized carbons (Fsp3) is 0.333. The molecule has 2 aromatic carbocycles. The molecule has 1 atom stereocenters. The van der Waals surface area contributed by atoms with E-state index in [4.69, 9.17) is 21.1 Å². The summed E-state index contributed by atoms with van der Waals surface area (Å²) in [5.41, 5.74) is 1.03. The van der Waals surface area contributed by atoms with E-state index in [0.717, 1.165) is 29.7 Å². The molecule has 152 valence electrons. The van der Waals surface area contributed by atoms with E-state index in [1.165, 1.54) is 25.2 Å². The van der Waals surface area contributed by atoms with Gasteiger partial charge in [-0.05, 0) is 49.7 Å². The fourth-order valence-electron chi connectivity index (χ4n) is 3.31. The van der Waals surface area contributed by atoms with Gasteiger partial charge in [0.25, 0.3) is 0 Å². The molecule has 3 aromatic rings. The minimum atomic E-state index is -0.441.